The van der Waals surface area contributed by atoms with Crippen LogP contribution in [0.2, 0.25) is 5.02 Å². The minimum atomic E-state index is -4.22. The van der Waals surface area contributed by atoms with Crippen LogP contribution >= 0.6 is 11.6 Å². The second-order valence-electron chi connectivity index (χ2n) is 9.39. The molecule has 1 aromatic heterocycles. The monoisotopic (exact) mass is 594 g/mol. The maximum absolute atomic E-state index is 14.4. The predicted molar refractivity (Wildman–Crippen MR) is 141 cm³/mol. The van der Waals surface area contributed by atoms with Crippen LogP contribution < -0.4 is 10.0 Å². The van der Waals surface area contributed by atoms with E-state index >= 15 is 0 Å². The van der Waals surface area contributed by atoms with Crippen LogP contribution in [0.1, 0.15) is 36.2 Å². The molecular formula is C26H25ClF2N4O6S. The molecule has 2 atom stereocenters. The smallest absolute Gasteiger partial charge is 0.264 e. The third kappa shape index (κ3) is 5.99. The first-order chi connectivity index (χ1) is 18.8. The van der Waals surface area contributed by atoms with Gasteiger partial charge in [-0.2, -0.15) is 0 Å². The van der Waals surface area contributed by atoms with Crippen LogP contribution in [-0.4, -0.2) is 60.1 Å². The van der Waals surface area contributed by atoms with E-state index in [1.807, 2.05) is 4.72 Å². The van der Waals surface area contributed by atoms with Crippen molar-refractivity contribution in [1.29, 1.82) is 0 Å². The van der Waals surface area contributed by atoms with Gasteiger partial charge in [-0.15, -0.1) is 0 Å². The van der Waals surface area contributed by atoms with Crippen molar-refractivity contribution >= 4 is 56.0 Å². The molecular weight excluding hydrogens is 570 g/mol. The molecule has 0 saturated carbocycles. The van der Waals surface area contributed by atoms with Gasteiger partial charge >= 0.3 is 0 Å². The number of sulfonamides is 1. The van der Waals surface area contributed by atoms with Gasteiger partial charge in [-0.3, -0.25) is 19.2 Å². The zero-order chi connectivity index (χ0) is 29.4. The fourth-order valence-electron chi connectivity index (χ4n) is 4.63. The van der Waals surface area contributed by atoms with E-state index in [2.05, 4.69) is 5.32 Å². The standard InChI is InChI=1S/C26H25ClF2N4O6S/c1-14(34)20-12-32(22-9-18(6-7-19(20)22)40(38,39)31-15(2)35)13-24(36)33-11-17(28)8-23(33)26(37)30-10-16-4-3-5-21(27)25(16)29/h3-7,9,12,17,23H,8,10-11,13H2,1-2H3,(H,30,37)(H,31,35)/t17-,23+/m1/s1. The normalized spacial score (nSPS) is 17.2. The number of benzene rings is 2. The molecule has 2 aromatic carbocycles. The number of amides is 3. The van der Waals surface area contributed by atoms with Gasteiger partial charge in [0.25, 0.3) is 10.0 Å². The van der Waals surface area contributed by atoms with E-state index < -0.39 is 52.3 Å². The largest absolute Gasteiger partial charge is 0.350 e. The fraction of sp³-hybridized carbons (Fsp3) is 0.308. The van der Waals surface area contributed by atoms with Gasteiger partial charge < -0.3 is 14.8 Å². The van der Waals surface area contributed by atoms with Crippen molar-refractivity contribution in [1.82, 2.24) is 19.5 Å². The number of alkyl halides is 1. The van der Waals surface area contributed by atoms with Gasteiger partial charge in [0, 0.05) is 42.6 Å². The van der Waals surface area contributed by atoms with Crippen LogP contribution in [0.15, 0.2) is 47.5 Å². The highest BCUT2D eigenvalue weighted by Gasteiger charge is 2.40. The Labute approximate surface area is 233 Å². The maximum atomic E-state index is 14.4. The van der Waals surface area contributed by atoms with Crippen molar-refractivity contribution < 1.29 is 36.4 Å². The van der Waals surface area contributed by atoms with E-state index in [0.717, 1.165) is 11.8 Å². The Balaban J connectivity index is 1.59. The summed E-state index contributed by atoms with van der Waals surface area (Å²) in [5, 5.41) is 2.76. The molecule has 1 aliphatic heterocycles. The summed E-state index contributed by atoms with van der Waals surface area (Å²) in [6, 6.07) is 6.96. The number of rotatable bonds is 8. The molecule has 1 fully saturated rings. The first-order valence-corrected chi connectivity index (χ1v) is 14.0. The number of fused-ring (bicyclic) bond motifs is 1. The summed E-state index contributed by atoms with van der Waals surface area (Å²) in [6.07, 6.45) is -0.370. The highest BCUT2D eigenvalue weighted by Crippen LogP contribution is 2.27. The van der Waals surface area contributed by atoms with E-state index in [1.165, 1.54) is 54.1 Å². The highest BCUT2D eigenvalue weighted by atomic mass is 35.5. The third-order valence-electron chi connectivity index (χ3n) is 6.48. The van der Waals surface area contributed by atoms with Gasteiger partial charge in [0.1, 0.15) is 24.6 Å². The lowest BCUT2D eigenvalue weighted by Crippen LogP contribution is -2.46. The molecule has 3 aromatic rings. The van der Waals surface area contributed by atoms with Gasteiger partial charge in [0.05, 0.1) is 22.0 Å². The third-order valence-corrected chi connectivity index (χ3v) is 8.21. The predicted octanol–water partition coefficient (Wildman–Crippen LogP) is 2.72. The summed E-state index contributed by atoms with van der Waals surface area (Å²) in [5.41, 5.74) is 0.543. The first-order valence-electron chi connectivity index (χ1n) is 12.1. The number of Topliss-reactive ketones (excluding diaryl/α,β-unsaturated/α-hetero) is 1. The minimum Gasteiger partial charge on any atom is -0.350 e. The summed E-state index contributed by atoms with van der Waals surface area (Å²) in [4.78, 5) is 50.6. The lowest BCUT2D eigenvalue weighted by molar-refractivity contribution is -0.139. The summed E-state index contributed by atoms with van der Waals surface area (Å²) < 4.78 is 56.9. The zero-order valence-corrected chi connectivity index (χ0v) is 23.0. The molecule has 1 aliphatic rings. The molecule has 0 radical (unpaired) electrons. The molecule has 10 nitrogen and oxygen atoms in total. The molecule has 0 spiro atoms. The Morgan fingerprint density at radius 1 is 1.12 bits per heavy atom. The number of ketones is 1. The second kappa shape index (κ2) is 11.3. The van der Waals surface area contributed by atoms with Gasteiger partial charge in [0.2, 0.25) is 17.7 Å². The van der Waals surface area contributed by atoms with E-state index in [4.69, 9.17) is 11.6 Å². The number of likely N-dealkylation sites (tertiary alicyclic amines) is 1. The molecule has 2 heterocycles. The van der Waals surface area contributed by atoms with Crippen molar-refractivity contribution in [2.45, 2.75) is 50.5 Å². The van der Waals surface area contributed by atoms with Gasteiger partial charge in [-0.05, 0) is 25.1 Å². The van der Waals surface area contributed by atoms with Crippen molar-refractivity contribution in [3.8, 4) is 0 Å². The molecule has 0 bridgehead atoms. The molecule has 0 unspecified atom stereocenters. The molecule has 14 heteroatoms. The van der Waals surface area contributed by atoms with E-state index in [9.17, 15) is 36.4 Å². The van der Waals surface area contributed by atoms with Crippen LogP contribution in [0.3, 0.4) is 0 Å². The van der Waals surface area contributed by atoms with Gasteiger partial charge in [-0.1, -0.05) is 29.8 Å². The number of carbonyl (C=O) groups excluding carboxylic acids is 4. The number of nitrogens with one attached hydrogen (secondary N) is 2. The summed E-state index contributed by atoms with van der Waals surface area (Å²) in [6.45, 7) is 1.32. The topological polar surface area (TPSA) is 135 Å². The summed E-state index contributed by atoms with van der Waals surface area (Å²) in [5.74, 6) is -3.18. The van der Waals surface area contributed by atoms with Crippen molar-refractivity contribution in [3.63, 3.8) is 0 Å². The quantitative estimate of drug-likeness (QED) is 0.385. The molecule has 1 saturated heterocycles. The zero-order valence-electron chi connectivity index (χ0n) is 21.4. The first kappa shape index (κ1) is 29.2. The molecule has 4 rings (SSSR count). The lowest BCUT2D eigenvalue weighted by Gasteiger charge is -2.24. The van der Waals surface area contributed by atoms with Crippen molar-refractivity contribution in [2.24, 2.45) is 0 Å². The fourth-order valence-corrected chi connectivity index (χ4v) is 5.83. The summed E-state index contributed by atoms with van der Waals surface area (Å²) in [7, 11) is -4.22. The van der Waals surface area contributed by atoms with E-state index in [-0.39, 0.29) is 51.9 Å². The van der Waals surface area contributed by atoms with Crippen molar-refractivity contribution in [2.75, 3.05) is 6.54 Å². The Bertz CT molecular complexity index is 1640. The van der Waals surface area contributed by atoms with E-state index in [1.54, 1.807) is 0 Å². The Morgan fingerprint density at radius 2 is 1.85 bits per heavy atom. The number of hydrogen-bond acceptors (Lipinski definition) is 6. The molecule has 0 aliphatic carbocycles. The second-order valence-corrected chi connectivity index (χ2v) is 11.5. The van der Waals surface area contributed by atoms with Gasteiger partial charge in [0.15, 0.2) is 5.78 Å². The van der Waals surface area contributed by atoms with Crippen LogP contribution in [0.25, 0.3) is 10.9 Å². The maximum Gasteiger partial charge on any atom is 0.264 e. The van der Waals surface area contributed by atoms with Crippen molar-refractivity contribution in [3.05, 3.63) is 64.6 Å². The van der Waals surface area contributed by atoms with Crippen LogP contribution in [0, 0.1) is 5.82 Å². The molecule has 3 amide bonds. The van der Waals surface area contributed by atoms with Crippen LogP contribution in [0.5, 0.6) is 0 Å². The lowest BCUT2D eigenvalue weighted by atomic mass is 10.1. The van der Waals surface area contributed by atoms with E-state index in [0.29, 0.717) is 5.39 Å². The highest BCUT2D eigenvalue weighted by molar-refractivity contribution is 7.90. The number of halogens is 3. The Morgan fingerprint density at radius 3 is 2.52 bits per heavy atom. The molecule has 2 N–H and O–H groups in total. The average molecular weight is 595 g/mol. The van der Waals surface area contributed by atoms with Crippen LogP contribution in [0.4, 0.5) is 8.78 Å². The van der Waals surface area contributed by atoms with Crippen LogP contribution in [-0.2, 0) is 37.5 Å². The molecule has 212 valence electrons. The Kier molecular flexibility index (Phi) is 8.26. The number of nitrogens with zero attached hydrogens (tertiary/aromatic N) is 2. The Hall–Kier alpha value is -3.84. The SMILES string of the molecule is CC(=O)NS(=O)(=O)c1ccc2c(C(C)=O)cn(CC(=O)N3C[C@H](F)C[C@H]3C(=O)NCc3cccc(Cl)c3F)c2c1. The van der Waals surface area contributed by atoms with Gasteiger partial charge in [-0.25, -0.2) is 21.9 Å². The number of carbonyl (C=O) groups is 4. The minimum absolute atomic E-state index is 0.120. The molecule has 40 heavy (non-hydrogen) atoms. The number of hydrogen-bond donors (Lipinski definition) is 2. The number of aromatic nitrogens is 1. The average Bonchev–Trinajstić information content (AvgIpc) is 3.44. The summed E-state index contributed by atoms with van der Waals surface area (Å²) >= 11 is 5.77.